The van der Waals surface area contributed by atoms with Crippen LogP contribution in [0.2, 0.25) is 5.02 Å². The van der Waals surface area contributed by atoms with Gasteiger partial charge in [-0.25, -0.2) is 0 Å². The summed E-state index contributed by atoms with van der Waals surface area (Å²) in [4.78, 5) is 12.1. The molecule has 0 atom stereocenters. The van der Waals surface area contributed by atoms with Crippen LogP contribution in [0.15, 0.2) is 12.1 Å². The van der Waals surface area contributed by atoms with E-state index in [1.54, 1.807) is 26.4 Å². The summed E-state index contributed by atoms with van der Waals surface area (Å²) < 4.78 is 10.5. The van der Waals surface area contributed by atoms with Gasteiger partial charge in [-0.05, 0) is 36.2 Å². The van der Waals surface area contributed by atoms with E-state index in [1.165, 1.54) is 32.1 Å². The lowest BCUT2D eigenvalue weighted by Crippen LogP contribution is -2.39. The summed E-state index contributed by atoms with van der Waals surface area (Å²) in [5.41, 5.74) is 0.808. The van der Waals surface area contributed by atoms with Gasteiger partial charge >= 0.3 is 0 Å². The number of ether oxygens (including phenoxy) is 2. The minimum Gasteiger partial charge on any atom is -0.493 e. The van der Waals surface area contributed by atoms with E-state index in [0.29, 0.717) is 40.5 Å². The van der Waals surface area contributed by atoms with E-state index >= 15 is 0 Å². The summed E-state index contributed by atoms with van der Waals surface area (Å²) in [6.45, 7) is 0.390. The molecule has 0 heterocycles. The first kappa shape index (κ1) is 20.8. The topological polar surface area (TPSA) is 59.6 Å². The molecule has 1 aromatic carbocycles. The maximum absolute atomic E-state index is 12.1. The molecule has 2 rings (SSSR count). The van der Waals surface area contributed by atoms with E-state index in [1.807, 2.05) is 0 Å². The summed E-state index contributed by atoms with van der Waals surface area (Å²) in [6.07, 6.45) is 7.85. The minimum atomic E-state index is -0.0357. The van der Waals surface area contributed by atoms with Crippen molar-refractivity contribution < 1.29 is 14.3 Å². The van der Waals surface area contributed by atoms with Crippen molar-refractivity contribution in [1.29, 1.82) is 0 Å². The summed E-state index contributed by atoms with van der Waals surface area (Å²) in [5.74, 6) is 1.81. The van der Waals surface area contributed by atoms with Crippen LogP contribution in [-0.2, 0) is 11.3 Å². The van der Waals surface area contributed by atoms with Crippen LogP contribution < -0.4 is 20.1 Å². The van der Waals surface area contributed by atoms with E-state index in [-0.39, 0.29) is 5.91 Å². The van der Waals surface area contributed by atoms with E-state index in [2.05, 4.69) is 10.6 Å². The predicted molar refractivity (Wildman–Crippen MR) is 108 cm³/mol. The summed E-state index contributed by atoms with van der Waals surface area (Å²) in [7, 11) is 3.13. The smallest absolute Gasteiger partial charge is 0.226 e. The van der Waals surface area contributed by atoms with Gasteiger partial charge in [-0.1, -0.05) is 43.7 Å². The first-order valence-corrected chi connectivity index (χ1v) is 9.80. The monoisotopic (exact) mass is 398 g/mol. The lowest BCUT2D eigenvalue weighted by molar-refractivity contribution is -0.120. The summed E-state index contributed by atoms with van der Waals surface area (Å²) in [5, 5.41) is 6.61. The van der Waals surface area contributed by atoms with Crippen LogP contribution in [0.1, 0.15) is 50.5 Å². The lowest BCUT2D eigenvalue weighted by atomic mass is 9.86. The molecule has 1 saturated carbocycles. The van der Waals surface area contributed by atoms with Gasteiger partial charge in [0.2, 0.25) is 5.91 Å². The number of nitrogens with one attached hydrogen (secondary N) is 2. The second-order valence-corrected chi connectivity index (χ2v) is 7.39. The van der Waals surface area contributed by atoms with Gasteiger partial charge < -0.3 is 20.1 Å². The maximum Gasteiger partial charge on any atom is 0.226 e. The zero-order valence-electron chi connectivity index (χ0n) is 15.4. The number of methoxy groups -OCH3 is 2. The van der Waals surface area contributed by atoms with Crippen LogP contribution in [0.4, 0.5) is 0 Å². The van der Waals surface area contributed by atoms with Gasteiger partial charge in [0.25, 0.3) is 0 Å². The molecule has 1 aromatic rings. The van der Waals surface area contributed by atoms with Crippen molar-refractivity contribution in [2.24, 2.45) is 5.92 Å². The first-order valence-electron chi connectivity index (χ1n) is 9.01. The third kappa shape index (κ3) is 6.32. The zero-order chi connectivity index (χ0) is 18.9. The molecule has 2 N–H and O–H groups in total. The molecule has 5 nitrogen and oxygen atoms in total. The summed E-state index contributed by atoms with van der Waals surface area (Å²) in [6, 6.07) is 3.49. The molecular formula is C19H27ClN2O3S. The Morgan fingerprint density at radius 2 is 1.85 bits per heavy atom. The van der Waals surface area contributed by atoms with Crippen molar-refractivity contribution in [2.45, 2.75) is 51.5 Å². The van der Waals surface area contributed by atoms with Crippen LogP contribution >= 0.6 is 23.8 Å². The van der Waals surface area contributed by atoms with Crippen molar-refractivity contribution in [3.8, 4) is 11.5 Å². The Kier molecular flexibility index (Phi) is 8.45. The van der Waals surface area contributed by atoms with E-state index in [0.717, 1.165) is 12.0 Å². The number of hydrogen-bond donors (Lipinski definition) is 2. The van der Waals surface area contributed by atoms with Crippen molar-refractivity contribution in [3.63, 3.8) is 0 Å². The van der Waals surface area contributed by atoms with Gasteiger partial charge in [0, 0.05) is 24.1 Å². The van der Waals surface area contributed by atoms with Gasteiger partial charge in [0.1, 0.15) is 0 Å². The number of carbonyl (C=O) groups excluding carboxylic acids is 1. The van der Waals surface area contributed by atoms with Gasteiger partial charge in [-0.2, -0.15) is 0 Å². The molecule has 1 aliphatic rings. The fourth-order valence-corrected chi connectivity index (χ4v) is 3.66. The molecule has 0 aromatic heterocycles. The molecule has 26 heavy (non-hydrogen) atoms. The molecule has 0 bridgehead atoms. The maximum atomic E-state index is 12.1. The SMILES string of the molecule is COc1cc(Cl)c(CNC(=S)NC(=O)CCC2CCCCC2)cc1OC. The highest BCUT2D eigenvalue weighted by Crippen LogP contribution is 2.33. The van der Waals surface area contributed by atoms with E-state index < -0.39 is 0 Å². The standard InChI is InChI=1S/C19H27ClN2O3S/c1-24-16-10-14(15(20)11-17(16)25-2)12-21-19(26)22-18(23)9-8-13-6-4-3-5-7-13/h10-11,13H,3-9,12H2,1-2H3,(H2,21,22,23,26). The third-order valence-electron chi connectivity index (χ3n) is 4.75. The molecule has 0 aliphatic heterocycles. The molecule has 0 radical (unpaired) electrons. The Bertz CT molecular complexity index is 633. The number of amides is 1. The predicted octanol–water partition coefficient (Wildman–Crippen LogP) is 4.21. The van der Waals surface area contributed by atoms with E-state index in [4.69, 9.17) is 33.3 Å². The third-order valence-corrected chi connectivity index (χ3v) is 5.35. The number of rotatable bonds is 7. The molecule has 7 heteroatoms. The highest BCUT2D eigenvalue weighted by atomic mass is 35.5. The molecule has 144 valence electrons. The highest BCUT2D eigenvalue weighted by Gasteiger charge is 2.15. The molecule has 0 spiro atoms. The fraction of sp³-hybridized carbons (Fsp3) is 0.579. The second kappa shape index (κ2) is 10.6. The first-order chi connectivity index (χ1) is 12.5. The molecule has 1 amide bonds. The Morgan fingerprint density at radius 3 is 2.50 bits per heavy atom. The average molecular weight is 399 g/mol. The fourth-order valence-electron chi connectivity index (χ4n) is 3.25. The van der Waals surface area contributed by atoms with Crippen LogP contribution in [0.3, 0.4) is 0 Å². The minimum absolute atomic E-state index is 0.0357. The van der Waals surface area contributed by atoms with Gasteiger partial charge in [0.15, 0.2) is 16.6 Å². The number of thiocarbonyl (C=S) groups is 1. The lowest BCUT2D eigenvalue weighted by Gasteiger charge is -2.21. The molecule has 0 unspecified atom stereocenters. The van der Waals surface area contributed by atoms with E-state index in [9.17, 15) is 4.79 Å². The zero-order valence-corrected chi connectivity index (χ0v) is 17.0. The largest absolute Gasteiger partial charge is 0.493 e. The Hall–Kier alpha value is -1.53. The van der Waals surface area contributed by atoms with Crippen molar-refractivity contribution >= 4 is 34.8 Å². The quantitative estimate of drug-likeness (QED) is 0.674. The van der Waals surface area contributed by atoms with Gasteiger partial charge in [0.05, 0.1) is 14.2 Å². The summed E-state index contributed by atoms with van der Waals surface area (Å²) >= 11 is 11.5. The van der Waals surface area contributed by atoms with Crippen LogP contribution in [0, 0.1) is 5.92 Å². The number of carbonyl (C=O) groups is 1. The highest BCUT2D eigenvalue weighted by molar-refractivity contribution is 7.80. The molecular weight excluding hydrogens is 372 g/mol. The number of halogens is 1. The second-order valence-electron chi connectivity index (χ2n) is 6.57. The molecule has 0 saturated heterocycles. The Labute approximate surface area is 165 Å². The average Bonchev–Trinajstić information content (AvgIpc) is 2.65. The Balaban J connectivity index is 1.78. The van der Waals surface area contributed by atoms with Gasteiger partial charge in [-0.15, -0.1) is 0 Å². The van der Waals surface area contributed by atoms with Crippen LogP contribution in [-0.4, -0.2) is 25.2 Å². The Morgan fingerprint density at radius 1 is 1.19 bits per heavy atom. The molecule has 1 fully saturated rings. The van der Waals surface area contributed by atoms with Crippen LogP contribution in [0.5, 0.6) is 11.5 Å². The van der Waals surface area contributed by atoms with Gasteiger partial charge in [-0.3, -0.25) is 4.79 Å². The van der Waals surface area contributed by atoms with Crippen molar-refractivity contribution in [1.82, 2.24) is 10.6 Å². The number of hydrogen-bond acceptors (Lipinski definition) is 4. The molecule has 1 aliphatic carbocycles. The normalized spacial score (nSPS) is 14.6. The number of benzene rings is 1. The van der Waals surface area contributed by atoms with Crippen molar-refractivity contribution in [3.05, 3.63) is 22.7 Å². The van der Waals surface area contributed by atoms with Crippen LogP contribution in [0.25, 0.3) is 0 Å². The van der Waals surface area contributed by atoms with Crippen molar-refractivity contribution in [2.75, 3.05) is 14.2 Å².